The highest BCUT2D eigenvalue weighted by Gasteiger charge is 2.12. The van der Waals surface area contributed by atoms with Crippen molar-refractivity contribution in [3.8, 4) is 5.75 Å². The number of hydrogen-bond acceptors (Lipinski definition) is 3. The molecule has 0 aliphatic heterocycles. The summed E-state index contributed by atoms with van der Waals surface area (Å²) in [5.41, 5.74) is 4.96. The lowest BCUT2D eigenvalue weighted by Gasteiger charge is -2.17. The van der Waals surface area contributed by atoms with Crippen molar-refractivity contribution in [2.75, 3.05) is 7.11 Å². The van der Waals surface area contributed by atoms with Gasteiger partial charge in [-0.15, -0.1) is 0 Å². The summed E-state index contributed by atoms with van der Waals surface area (Å²) < 4.78 is 18.2. The number of nitrogens with two attached hydrogens (primary N) is 1. The molecule has 2 aromatic rings. The van der Waals surface area contributed by atoms with Gasteiger partial charge in [-0.25, -0.2) is 4.39 Å². The number of halogens is 1. The van der Waals surface area contributed by atoms with Crippen molar-refractivity contribution in [3.63, 3.8) is 0 Å². The number of rotatable bonds is 6. The van der Waals surface area contributed by atoms with Crippen LogP contribution in [0, 0.1) is 5.82 Å². The van der Waals surface area contributed by atoms with Crippen LogP contribution in [0.5, 0.6) is 5.75 Å². The first-order valence-electron chi connectivity index (χ1n) is 6.55. The molecule has 3 N–H and O–H groups in total. The van der Waals surface area contributed by atoms with Gasteiger partial charge in [-0.1, -0.05) is 30.3 Å². The predicted molar refractivity (Wildman–Crippen MR) is 77.9 cm³/mol. The lowest BCUT2D eigenvalue weighted by Crippen LogP contribution is -2.38. The smallest absolute Gasteiger partial charge is 0.123 e. The Morgan fingerprint density at radius 3 is 2.45 bits per heavy atom. The molecule has 0 heterocycles. The summed E-state index contributed by atoms with van der Waals surface area (Å²) in [6, 6.07) is 14.4. The Balaban J connectivity index is 2.07. The van der Waals surface area contributed by atoms with Gasteiger partial charge in [0.1, 0.15) is 11.6 Å². The van der Waals surface area contributed by atoms with Gasteiger partial charge in [0, 0.05) is 6.04 Å². The molecular weight excluding hydrogens is 255 g/mol. The molecule has 0 amide bonds. The zero-order chi connectivity index (χ0) is 14.4. The van der Waals surface area contributed by atoms with E-state index >= 15 is 0 Å². The van der Waals surface area contributed by atoms with Crippen molar-refractivity contribution in [2.45, 2.75) is 18.9 Å². The van der Waals surface area contributed by atoms with Crippen molar-refractivity contribution in [3.05, 3.63) is 65.5 Å². The van der Waals surface area contributed by atoms with Gasteiger partial charge >= 0.3 is 0 Å². The van der Waals surface area contributed by atoms with E-state index in [0.29, 0.717) is 0 Å². The minimum absolute atomic E-state index is 0.0664. The summed E-state index contributed by atoms with van der Waals surface area (Å²) in [5, 5.41) is 0. The van der Waals surface area contributed by atoms with Crippen LogP contribution in [-0.4, -0.2) is 13.2 Å². The first kappa shape index (κ1) is 14.5. The van der Waals surface area contributed by atoms with Gasteiger partial charge in [-0.3, -0.25) is 11.3 Å². The first-order chi connectivity index (χ1) is 9.72. The molecule has 1 atom stereocenters. The quantitative estimate of drug-likeness (QED) is 0.628. The first-order valence-corrected chi connectivity index (χ1v) is 6.55. The van der Waals surface area contributed by atoms with Gasteiger partial charge in [0.05, 0.1) is 7.11 Å². The van der Waals surface area contributed by atoms with E-state index in [9.17, 15) is 4.39 Å². The SMILES string of the molecule is COc1ccccc1CC(Cc1ccc(F)cc1)NN. The zero-order valence-corrected chi connectivity index (χ0v) is 11.5. The van der Waals surface area contributed by atoms with Crippen molar-refractivity contribution >= 4 is 0 Å². The van der Waals surface area contributed by atoms with E-state index in [1.807, 2.05) is 24.3 Å². The molecule has 2 aromatic carbocycles. The minimum atomic E-state index is -0.226. The number of methoxy groups -OCH3 is 1. The average molecular weight is 274 g/mol. The molecule has 0 aromatic heterocycles. The van der Waals surface area contributed by atoms with Crippen LogP contribution in [0.3, 0.4) is 0 Å². The maximum absolute atomic E-state index is 12.9. The summed E-state index contributed by atoms with van der Waals surface area (Å²) in [5.74, 6) is 6.25. The highest BCUT2D eigenvalue weighted by Crippen LogP contribution is 2.20. The van der Waals surface area contributed by atoms with Crippen LogP contribution in [0.4, 0.5) is 4.39 Å². The fraction of sp³-hybridized carbons (Fsp3) is 0.250. The third kappa shape index (κ3) is 3.79. The largest absolute Gasteiger partial charge is 0.496 e. The molecule has 0 bridgehead atoms. The molecule has 0 saturated carbocycles. The second kappa shape index (κ2) is 7.03. The van der Waals surface area contributed by atoms with Crippen LogP contribution in [0.15, 0.2) is 48.5 Å². The van der Waals surface area contributed by atoms with Crippen molar-refractivity contribution in [2.24, 2.45) is 5.84 Å². The summed E-state index contributed by atoms with van der Waals surface area (Å²) in [6.45, 7) is 0. The van der Waals surface area contributed by atoms with E-state index < -0.39 is 0 Å². The third-order valence-electron chi connectivity index (χ3n) is 3.29. The Kier molecular flexibility index (Phi) is 5.09. The van der Waals surface area contributed by atoms with Crippen LogP contribution >= 0.6 is 0 Å². The predicted octanol–water partition coefficient (Wildman–Crippen LogP) is 2.45. The molecule has 1 unspecified atom stereocenters. The molecule has 20 heavy (non-hydrogen) atoms. The topological polar surface area (TPSA) is 47.3 Å². The van der Waals surface area contributed by atoms with Crippen molar-refractivity contribution in [1.82, 2.24) is 5.43 Å². The lowest BCUT2D eigenvalue weighted by atomic mass is 9.99. The highest BCUT2D eigenvalue weighted by molar-refractivity contribution is 5.34. The van der Waals surface area contributed by atoms with Gasteiger partial charge in [-0.2, -0.15) is 0 Å². The van der Waals surface area contributed by atoms with Gasteiger partial charge in [0.25, 0.3) is 0 Å². The molecule has 0 saturated heterocycles. The number of hydrogen-bond donors (Lipinski definition) is 2. The molecule has 0 spiro atoms. The number of benzene rings is 2. The fourth-order valence-electron chi connectivity index (χ4n) is 2.23. The Morgan fingerprint density at radius 2 is 1.80 bits per heavy atom. The van der Waals surface area contributed by atoms with Gasteiger partial charge < -0.3 is 4.74 Å². The molecule has 3 nitrogen and oxygen atoms in total. The van der Waals surface area contributed by atoms with E-state index in [4.69, 9.17) is 10.6 Å². The Morgan fingerprint density at radius 1 is 1.10 bits per heavy atom. The average Bonchev–Trinajstić information content (AvgIpc) is 2.49. The maximum Gasteiger partial charge on any atom is 0.123 e. The summed E-state index contributed by atoms with van der Waals surface area (Å²) in [4.78, 5) is 0. The van der Waals surface area contributed by atoms with Crippen molar-refractivity contribution in [1.29, 1.82) is 0 Å². The Bertz CT molecular complexity index is 542. The van der Waals surface area contributed by atoms with Gasteiger partial charge in [-0.05, 0) is 42.2 Å². The molecule has 0 aliphatic carbocycles. The lowest BCUT2D eigenvalue weighted by molar-refractivity contribution is 0.404. The standard InChI is InChI=1S/C16H19FN2O/c1-20-16-5-3-2-4-13(16)11-15(19-18)10-12-6-8-14(17)9-7-12/h2-9,15,19H,10-11,18H2,1H3. The molecule has 0 fully saturated rings. The molecule has 0 radical (unpaired) electrons. The molecule has 4 heteroatoms. The Labute approximate surface area is 118 Å². The van der Waals surface area contributed by atoms with Gasteiger partial charge in [0.15, 0.2) is 0 Å². The molecule has 106 valence electrons. The second-order valence-electron chi connectivity index (χ2n) is 4.71. The van der Waals surface area contributed by atoms with E-state index in [1.165, 1.54) is 12.1 Å². The Hall–Kier alpha value is -1.91. The number of ether oxygens (including phenoxy) is 1. The van der Waals surface area contributed by atoms with E-state index in [0.717, 1.165) is 29.7 Å². The highest BCUT2D eigenvalue weighted by atomic mass is 19.1. The van der Waals surface area contributed by atoms with Crippen LogP contribution in [0.1, 0.15) is 11.1 Å². The number of hydrazine groups is 1. The fourth-order valence-corrected chi connectivity index (χ4v) is 2.23. The normalized spacial score (nSPS) is 12.2. The van der Waals surface area contributed by atoms with Gasteiger partial charge in [0.2, 0.25) is 0 Å². The summed E-state index contributed by atoms with van der Waals surface area (Å²) in [6.07, 6.45) is 1.48. The summed E-state index contributed by atoms with van der Waals surface area (Å²) >= 11 is 0. The van der Waals surface area contributed by atoms with Crippen LogP contribution in [-0.2, 0) is 12.8 Å². The monoisotopic (exact) mass is 274 g/mol. The molecule has 2 rings (SSSR count). The second-order valence-corrected chi connectivity index (χ2v) is 4.71. The molecular formula is C16H19FN2O. The van der Waals surface area contributed by atoms with Crippen LogP contribution in [0.25, 0.3) is 0 Å². The third-order valence-corrected chi connectivity index (χ3v) is 3.29. The van der Waals surface area contributed by atoms with Crippen molar-refractivity contribution < 1.29 is 9.13 Å². The van der Waals surface area contributed by atoms with E-state index in [2.05, 4.69) is 5.43 Å². The van der Waals surface area contributed by atoms with Crippen LogP contribution in [0.2, 0.25) is 0 Å². The number of para-hydroxylation sites is 1. The number of nitrogens with one attached hydrogen (secondary N) is 1. The maximum atomic E-state index is 12.9. The molecule has 0 aliphatic rings. The zero-order valence-electron chi connectivity index (χ0n) is 11.5. The summed E-state index contributed by atoms with van der Waals surface area (Å²) in [7, 11) is 1.66. The van der Waals surface area contributed by atoms with E-state index in [-0.39, 0.29) is 11.9 Å². The minimum Gasteiger partial charge on any atom is -0.496 e. The van der Waals surface area contributed by atoms with Crippen LogP contribution < -0.4 is 16.0 Å². The van der Waals surface area contributed by atoms with E-state index in [1.54, 1.807) is 19.2 Å².